The smallest absolute Gasteiger partial charge is 0.217 e. The largest absolute Gasteiger partial charge is 0.381 e. The Morgan fingerprint density at radius 1 is 1.40 bits per heavy atom. The Morgan fingerprint density at radius 2 is 2.12 bits per heavy atom. The molecule has 1 atom stereocenters. The van der Waals surface area contributed by atoms with E-state index < -0.39 is 0 Å². The Hall–Kier alpha value is -1.34. The molecule has 2 aliphatic heterocycles. The van der Waals surface area contributed by atoms with Crippen LogP contribution in [0.1, 0.15) is 39.0 Å². The van der Waals surface area contributed by atoms with Crippen molar-refractivity contribution in [2.75, 3.05) is 53.5 Å². The van der Waals surface area contributed by atoms with Crippen LogP contribution in [0.2, 0.25) is 0 Å². The third-order valence-corrected chi connectivity index (χ3v) is 5.54. The van der Waals surface area contributed by atoms with Crippen LogP contribution in [0.4, 0.5) is 0 Å². The predicted molar refractivity (Wildman–Crippen MR) is 101 cm³/mol. The van der Waals surface area contributed by atoms with E-state index in [9.17, 15) is 4.79 Å². The van der Waals surface area contributed by atoms with Crippen LogP contribution in [0.25, 0.3) is 0 Å². The lowest BCUT2D eigenvalue weighted by atomic mass is 9.89. The summed E-state index contributed by atoms with van der Waals surface area (Å²) < 4.78 is 5.55. The van der Waals surface area contributed by atoms with Crippen LogP contribution in [0, 0.1) is 5.92 Å². The van der Waals surface area contributed by atoms with Gasteiger partial charge in [-0.2, -0.15) is 0 Å². The zero-order valence-electron chi connectivity index (χ0n) is 16.1. The number of hydrogen-bond donors (Lipinski definition) is 2. The van der Waals surface area contributed by atoms with Crippen molar-refractivity contribution in [3.63, 3.8) is 0 Å². The second-order valence-electron chi connectivity index (χ2n) is 7.53. The number of nitrogens with two attached hydrogens (primary N) is 1. The second kappa shape index (κ2) is 9.38. The maximum absolute atomic E-state index is 11.3. The number of aliphatic imine (C=N–C) groups is 1. The summed E-state index contributed by atoms with van der Waals surface area (Å²) in [6.07, 6.45) is 4.63. The predicted octanol–water partition coefficient (Wildman–Crippen LogP) is 0.650. The van der Waals surface area contributed by atoms with Gasteiger partial charge in [-0.25, -0.2) is 0 Å². The highest BCUT2D eigenvalue weighted by Crippen LogP contribution is 2.26. The topological polar surface area (TPSA) is 83.2 Å². The van der Waals surface area contributed by atoms with E-state index in [2.05, 4.69) is 36.1 Å². The lowest BCUT2D eigenvalue weighted by Gasteiger charge is -2.42. The van der Waals surface area contributed by atoms with E-state index in [1.54, 1.807) is 0 Å². The van der Waals surface area contributed by atoms with Crippen molar-refractivity contribution in [1.82, 2.24) is 15.1 Å². The Bertz CT molecular complexity index is 460. The molecule has 2 heterocycles. The molecule has 2 fully saturated rings. The molecule has 3 N–H and O–H groups in total. The number of nitrogens with zero attached hydrogens (tertiary/aromatic N) is 3. The van der Waals surface area contributed by atoms with Gasteiger partial charge >= 0.3 is 0 Å². The van der Waals surface area contributed by atoms with Crippen LogP contribution in [0.3, 0.4) is 0 Å². The molecular formula is C18H35N5O2. The summed E-state index contributed by atoms with van der Waals surface area (Å²) >= 11 is 0. The molecule has 144 valence electrons. The summed E-state index contributed by atoms with van der Waals surface area (Å²) in [5.41, 5.74) is 5.46. The molecule has 0 aromatic heterocycles. The van der Waals surface area contributed by atoms with Gasteiger partial charge in [0.25, 0.3) is 0 Å². The molecule has 0 saturated carbocycles. The van der Waals surface area contributed by atoms with Crippen molar-refractivity contribution in [3.05, 3.63) is 0 Å². The van der Waals surface area contributed by atoms with Crippen molar-refractivity contribution in [2.45, 2.75) is 44.6 Å². The van der Waals surface area contributed by atoms with Gasteiger partial charge < -0.3 is 25.6 Å². The summed E-state index contributed by atoms with van der Waals surface area (Å²) in [7, 11) is 4.27. The fourth-order valence-corrected chi connectivity index (χ4v) is 3.85. The lowest BCUT2D eigenvalue weighted by molar-refractivity contribution is -0.119. The standard InChI is InChI=1S/C18H35N5O2/c1-4-20-17(23-9-5-6-15(13-23)12-16(19)24)21-14-18(22(2)3)7-10-25-11-8-18/h15H,4-14H2,1-3H3,(H2,19,24)(H,20,21). The van der Waals surface area contributed by atoms with Crippen LogP contribution in [0.15, 0.2) is 4.99 Å². The van der Waals surface area contributed by atoms with Gasteiger partial charge in [0, 0.05) is 44.8 Å². The van der Waals surface area contributed by atoms with Crippen molar-refractivity contribution in [1.29, 1.82) is 0 Å². The number of carbonyl (C=O) groups is 1. The fraction of sp³-hybridized carbons (Fsp3) is 0.889. The number of rotatable bonds is 6. The Kier molecular flexibility index (Phi) is 7.50. The normalized spacial score (nSPS) is 24.4. The van der Waals surface area contributed by atoms with Gasteiger partial charge in [0.1, 0.15) is 0 Å². The molecule has 7 heteroatoms. The van der Waals surface area contributed by atoms with Crippen LogP contribution in [0.5, 0.6) is 0 Å². The first-order valence-corrected chi connectivity index (χ1v) is 9.53. The lowest BCUT2D eigenvalue weighted by Crippen LogP contribution is -2.52. The number of carbonyl (C=O) groups excluding carboxylic acids is 1. The molecule has 0 aromatic rings. The average molecular weight is 354 g/mol. The second-order valence-corrected chi connectivity index (χ2v) is 7.53. The number of likely N-dealkylation sites (tertiary alicyclic amines) is 1. The number of hydrogen-bond acceptors (Lipinski definition) is 4. The number of piperidine rings is 1. The maximum Gasteiger partial charge on any atom is 0.217 e. The van der Waals surface area contributed by atoms with Crippen molar-refractivity contribution >= 4 is 11.9 Å². The molecule has 0 aliphatic carbocycles. The third kappa shape index (κ3) is 5.57. The monoisotopic (exact) mass is 353 g/mol. The molecule has 0 aromatic carbocycles. The summed E-state index contributed by atoms with van der Waals surface area (Å²) in [4.78, 5) is 20.8. The summed E-state index contributed by atoms with van der Waals surface area (Å²) in [6, 6.07) is 0. The van der Waals surface area contributed by atoms with Gasteiger partial charge in [0.2, 0.25) is 5.91 Å². The number of ether oxygens (including phenoxy) is 1. The average Bonchev–Trinajstić information content (AvgIpc) is 2.59. The fourth-order valence-electron chi connectivity index (χ4n) is 3.85. The van der Waals surface area contributed by atoms with E-state index in [1.807, 2.05) is 0 Å². The number of primary amides is 1. The van der Waals surface area contributed by atoms with Crippen molar-refractivity contribution in [3.8, 4) is 0 Å². The molecular weight excluding hydrogens is 318 g/mol. The molecule has 7 nitrogen and oxygen atoms in total. The van der Waals surface area contributed by atoms with Crippen LogP contribution in [-0.2, 0) is 9.53 Å². The van der Waals surface area contributed by atoms with Gasteiger partial charge in [-0.3, -0.25) is 9.79 Å². The molecule has 2 saturated heterocycles. The van der Waals surface area contributed by atoms with E-state index >= 15 is 0 Å². The summed E-state index contributed by atoms with van der Waals surface area (Å²) in [5, 5.41) is 3.43. The highest BCUT2D eigenvalue weighted by atomic mass is 16.5. The van der Waals surface area contributed by atoms with Crippen molar-refractivity contribution in [2.24, 2.45) is 16.6 Å². The molecule has 2 rings (SSSR count). The third-order valence-electron chi connectivity index (χ3n) is 5.54. The highest BCUT2D eigenvalue weighted by molar-refractivity contribution is 5.80. The number of nitrogens with one attached hydrogen (secondary N) is 1. The maximum atomic E-state index is 11.3. The van der Waals surface area contributed by atoms with Crippen LogP contribution < -0.4 is 11.1 Å². The summed E-state index contributed by atoms with van der Waals surface area (Å²) in [6.45, 7) is 7.14. The number of guanidine groups is 1. The molecule has 0 bridgehead atoms. The van der Waals surface area contributed by atoms with E-state index in [-0.39, 0.29) is 11.4 Å². The Labute approximate surface area is 152 Å². The minimum absolute atomic E-state index is 0.0708. The van der Waals surface area contributed by atoms with Gasteiger partial charge in [-0.05, 0) is 52.6 Å². The summed E-state index contributed by atoms with van der Waals surface area (Å²) in [5.74, 6) is 1.09. The molecule has 2 aliphatic rings. The molecule has 1 amide bonds. The van der Waals surface area contributed by atoms with E-state index in [0.717, 1.165) is 71.0 Å². The molecule has 0 radical (unpaired) electrons. The van der Waals surface area contributed by atoms with Gasteiger partial charge in [-0.1, -0.05) is 0 Å². The minimum atomic E-state index is -0.206. The van der Waals surface area contributed by atoms with Crippen LogP contribution >= 0.6 is 0 Å². The van der Waals surface area contributed by atoms with Gasteiger partial charge in [-0.15, -0.1) is 0 Å². The SMILES string of the molecule is CCNC(=NCC1(N(C)C)CCOCC1)N1CCCC(CC(N)=O)C1. The Balaban J connectivity index is 2.07. The zero-order valence-corrected chi connectivity index (χ0v) is 16.1. The van der Waals surface area contributed by atoms with Gasteiger partial charge in [0.15, 0.2) is 5.96 Å². The first kappa shape index (κ1) is 20.0. The van der Waals surface area contributed by atoms with Crippen LogP contribution in [-0.4, -0.2) is 80.7 Å². The van der Waals surface area contributed by atoms with E-state index in [1.165, 1.54) is 0 Å². The molecule has 0 spiro atoms. The number of likely N-dealkylation sites (N-methyl/N-ethyl adjacent to an activating group) is 1. The van der Waals surface area contributed by atoms with E-state index in [4.69, 9.17) is 15.5 Å². The highest BCUT2D eigenvalue weighted by Gasteiger charge is 2.35. The molecule has 1 unspecified atom stereocenters. The Morgan fingerprint density at radius 3 is 2.72 bits per heavy atom. The molecule has 25 heavy (non-hydrogen) atoms. The number of amides is 1. The van der Waals surface area contributed by atoms with E-state index in [0.29, 0.717) is 12.3 Å². The zero-order chi connectivity index (χ0) is 18.3. The first-order chi connectivity index (χ1) is 12.0. The first-order valence-electron chi connectivity index (χ1n) is 9.53. The minimum Gasteiger partial charge on any atom is -0.381 e. The van der Waals surface area contributed by atoms with Crippen molar-refractivity contribution < 1.29 is 9.53 Å². The quantitative estimate of drug-likeness (QED) is 0.541. The van der Waals surface area contributed by atoms with Gasteiger partial charge in [0.05, 0.1) is 6.54 Å².